The first-order chi connectivity index (χ1) is 8.37. The summed E-state index contributed by atoms with van der Waals surface area (Å²) in [6, 6.07) is 0. The topological polar surface area (TPSA) is 52.6 Å². The van der Waals surface area contributed by atoms with Crippen LogP contribution in [-0.2, 0) is 19.1 Å². The molecule has 5 heteroatoms. The number of hydrogen-bond acceptors (Lipinski definition) is 4. The van der Waals surface area contributed by atoms with Gasteiger partial charge in [0.2, 0.25) is 0 Å². The van der Waals surface area contributed by atoms with Crippen LogP contribution in [0.4, 0.5) is 0 Å². The molecule has 0 aromatic rings. The lowest BCUT2D eigenvalue weighted by molar-refractivity contribution is -0.154. The smallest absolute Gasteiger partial charge is 0.334 e. The Morgan fingerprint density at radius 3 is 2.89 bits per heavy atom. The van der Waals surface area contributed by atoms with Crippen molar-refractivity contribution in [2.45, 2.75) is 42.3 Å². The Morgan fingerprint density at radius 2 is 2.28 bits per heavy atom. The SMILES string of the molecule is C#S12C(OC(=O)C(=C)C)[C@@H]3OC(=O)C(C[C@@H]1C)C32. The summed E-state index contributed by atoms with van der Waals surface area (Å²) in [7, 11) is -1.59. The Bertz CT molecular complexity index is 567. The maximum Gasteiger partial charge on any atom is 0.334 e. The quantitative estimate of drug-likeness (QED) is 0.563. The van der Waals surface area contributed by atoms with Gasteiger partial charge in [0.05, 0.1) is 11.2 Å². The minimum Gasteiger partial charge on any atom is -0.456 e. The standard InChI is InChI=1S/C13H16O4S/c1-6(2)11(14)17-13-9-10-8(12(15)16-9)5-7(3)18(10,13)4/h4,7-10,13H,1,5H2,2-3H3/t7-,8?,9+,10?,13?/m0/s1. The van der Waals surface area contributed by atoms with E-state index in [9.17, 15) is 9.59 Å². The Hall–Kier alpha value is -1.19. The predicted octanol–water partition coefficient (Wildman–Crippen LogP) is 1.54. The van der Waals surface area contributed by atoms with Crippen molar-refractivity contribution in [2.24, 2.45) is 5.92 Å². The Balaban J connectivity index is 1.90. The summed E-state index contributed by atoms with van der Waals surface area (Å²) in [5, 5.41) is 0.322. The van der Waals surface area contributed by atoms with E-state index in [4.69, 9.17) is 15.2 Å². The van der Waals surface area contributed by atoms with Crippen LogP contribution in [0.25, 0.3) is 0 Å². The second-order valence-electron chi connectivity index (χ2n) is 5.39. The van der Waals surface area contributed by atoms with E-state index in [1.807, 2.05) is 6.92 Å². The van der Waals surface area contributed by atoms with Crippen molar-refractivity contribution in [3.8, 4) is 5.69 Å². The fraction of sp³-hybridized carbons (Fsp3) is 0.615. The molecule has 4 unspecified atom stereocenters. The van der Waals surface area contributed by atoms with Gasteiger partial charge in [0.25, 0.3) is 0 Å². The first-order valence-corrected chi connectivity index (χ1v) is 7.90. The molecule has 0 saturated carbocycles. The molecule has 0 bridgehead atoms. The molecule has 6 atom stereocenters. The number of ether oxygens (including phenoxy) is 2. The van der Waals surface area contributed by atoms with Crippen LogP contribution >= 0.6 is 9.44 Å². The van der Waals surface area contributed by atoms with Gasteiger partial charge < -0.3 is 9.47 Å². The van der Waals surface area contributed by atoms with Gasteiger partial charge in [-0.15, -0.1) is 15.1 Å². The van der Waals surface area contributed by atoms with Crippen molar-refractivity contribution < 1.29 is 19.1 Å². The van der Waals surface area contributed by atoms with Crippen LogP contribution < -0.4 is 0 Å². The third kappa shape index (κ3) is 1.19. The maximum absolute atomic E-state index is 11.7. The normalized spacial score (nSPS) is 48.1. The van der Waals surface area contributed by atoms with Gasteiger partial charge in [0, 0.05) is 5.57 Å². The monoisotopic (exact) mass is 268 g/mol. The molecule has 3 saturated heterocycles. The molecule has 4 nitrogen and oxygen atoms in total. The van der Waals surface area contributed by atoms with Crippen LogP contribution in [0.1, 0.15) is 20.3 Å². The van der Waals surface area contributed by atoms with Crippen LogP contribution in [0.2, 0.25) is 0 Å². The van der Waals surface area contributed by atoms with E-state index < -0.39 is 20.8 Å². The highest BCUT2D eigenvalue weighted by Gasteiger charge is 2.70. The summed E-state index contributed by atoms with van der Waals surface area (Å²) in [5.41, 5.74) is 6.37. The fourth-order valence-corrected chi connectivity index (χ4v) is 7.26. The lowest BCUT2D eigenvalue weighted by Crippen LogP contribution is -2.52. The third-order valence-corrected chi connectivity index (χ3v) is 8.57. The van der Waals surface area contributed by atoms with Gasteiger partial charge in [-0.2, -0.15) is 0 Å². The van der Waals surface area contributed by atoms with Gasteiger partial charge in [-0.3, -0.25) is 4.79 Å². The number of hydrogen-bond donors (Lipinski definition) is 0. The van der Waals surface area contributed by atoms with Gasteiger partial charge >= 0.3 is 11.9 Å². The number of esters is 2. The Morgan fingerprint density at radius 1 is 1.61 bits per heavy atom. The molecule has 3 fully saturated rings. The predicted molar refractivity (Wildman–Crippen MR) is 68.5 cm³/mol. The molecule has 0 spiro atoms. The largest absolute Gasteiger partial charge is 0.456 e. The Kier molecular flexibility index (Phi) is 2.26. The van der Waals surface area contributed by atoms with E-state index in [1.165, 1.54) is 0 Å². The highest BCUT2D eigenvalue weighted by molar-refractivity contribution is 8.26. The summed E-state index contributed by atoms with van der Waals surface area (Å²) in [4.78, 5) is 23.4. The average Bonchev–Trinajstić information content (AvgIpc) is 2.71. The highest BCUT2D eigenvalue weighted by Crippen LogP contribution is 2.71. The summed E-state index contributed by atoms with van der Waals surface area (Å²) < 4.78 is 10.7. The summed E-state index contributed by atoms with van der Waals surface area (Å²) in [6.45, 7) is 7.19. The highest BCUT2D eigenvalue weighted by atomic mass is 32.2. The zero-order valence-corrected chi connectivity index (χ0v) is 11.2. The molecular weight excluding hydrogens is 252 g/mol. The molecule has 0 N–H and O–H groups in total. The van der Waals surface area contributed by atoms with E-state index in [0.29, 0.717) is 5.57 Å². The molecule has 0 aromatic heterocycles. The molecule has 98 valence electrons. The zero-order chi connectivity index (χ0) is 13.2. The van der Waals surface area contributed by atoms with Crippen molar-refractivity contribution >= 4 is 21.4 Å². The minimum atomic E-state index is -1.59. The molecule has 3 aliphatic rings. The van der Waals surface area contributed by atoms with E-state index in [0.717, 1.165) is 6.42 Å². The summed E-state index contributed by atoms with van der Waals surface area (Å²) >= 11 is 0. The second kappa shape index (κ2) is 3.43. The van der Waals surface area contributed by atoms with E-state index >= 15 is 0 Å². The van der Waals surface area contributed by atoms with Crippen molar-refractivity contribution in [3.63, 3.8) is 0 Å². The van der Waals surface area contributed by atoms with E-state index in [2.05, 4.69) is 6.58 Å². The van der Waals surface area contributed by atoms with Crippen molar-refractivity contribution in [2.75, 3.05) is 0 Å². The molecule has 3 rings (SSSR count). The Labute approximate surface area is 107 Å². The van der Waals surface area contributed by atoms with Gasteiger partial charge in [-0.25, -0.2) is 4.79 Å². The van der Waals surface area contributed by atoms with Crippen LogP contribution in [-0.4, -0.2) is 34.0 Å². The fourth-order valence-electron chi connectivity index (χ4n) is 3.28. The first-order valence-electron chi connectivity index (χ1n) is 6.02. The molecule has 18 heavy (non-hydrogen) atoms. The van der Waals surface area contributed by atoms with Crippen LogP contribution in [0.3, 0.4) is 0 Å². The third-order valence-electron chi connectivity index (χ3n) is 4.27. The maximum atomic E-state index is 11.7. The second-order valence-corrected chi connectivity index (χ2v) is 8.84. The average molecular weight is 268 g/mol. The lowest BCUT2D eigenvalue weighted by Gasteiger charge is -2.49. The summed E-state index contributed by atoms with van der Waals surface area (Å²) in [6.07, 6.45) is 0.434. The number of carbonyl (C=O) groups is 2. The molecule has 0 amide bonds. The van der Waals surface area contributed by atoms with Crippen molar-refractivity contribution in [1.82, 2.24) is 0 Å². The minimum absolute atomic E-state index is 0.0789. The van der Waals surface area contributed by atoms with Gasteiger partial charge in [0.1, 0.15) is 0 Å². The summed E-state index contributed by atoms with van der Waals surface area (Å²) in [5.74, 6) is -0.704. The zero-order valence-electron chi connectivity index (χ0n) is 10.4. The molecule has 3 aliphatic heterocycles. The van der Waals surface area contributed by atoms with Crippen LogP contribution in [0.15, 0.2) is 12.2 Å². The number of rotatable bonds is 2. The molecule has 0 aliphatic carbocycles. The number of carbonyl (C=O) groups excluding carboxylic acids is 2. The molecular formula is C13H16O4S. The van der Waals surface area contributed by atoms with Crippen molar-refractivity contribution in [1.29, 1.82) is 0 Å². The first kappa shape index (κ1) is 11.9. The van der Waals surface area contributed by atoms with E-state index in [-0.39, 0.29) is 28.5 Å². The van der Waals surface area contributed by atoms with Crippen LogP contribution in [0.5, 0.6) is 0 Å². The van der Waals surface area contributed by atoms with Crippen molar-refractivity contribution in [3.05, 3.63) is 12.2 Å². The van der Waals surface area contributed by atoms with Crippen LogP contribution in [0, 0.1) is 11.6 Å². The van der Waals surface area contributed by atoms with E-state index in [1.54, 1.807) is 6.92 Å². The molecule has 0 aromatic carbocycles. The van der Waals surface area contributed by atoms with Gasteiger partial charge in [-0.1, -0.05) is 13.5 Å². The molecule has 0 radical (unpaired) electrons. The van der Waals surface area contributed by atoms with Gasteiger partial charge in [-0.05, 0) is 18.6 Å². The van der Waals surface area contributed by atoms with Gasteiger partial charge in [0.15, 0.2) is 11.5 Å². The molecule has 3 heterocycles. The lowest BCUT2D eigenvalue weighted by atomic mass is 10.00.